The fourth-order valence-electron chi connectivity index (χ4n) is 2.87. The molecule has 3 heterocycles. The molecule has 146 valence electrons. The molecule has 0 aliphatic carbocycles. The number of methoxy groups -OCH3 is 1. The van der Waals surface area contributed by atoms with Gasteiger partial charge in [0.1, 0.15) is 23.9 Å². The molecule has 3 N–H and O–H groups in total. The summed E-state index contributed by atoms with van der Waals surface area (Å²) in [5.74, 6) is 6.46. The topological polar surface area (TPSA) is 93.4 Å². The summed E-state index contributed by atoms with van der Waals surface area (Å²) in [5.41, 5.74) is 7.20. The number of anilines is 2. The predicted octanol–water partition coefficient (Wildman–Crippen LogP) is 1.83. The second kappa shape index (κ2) is 9.12. The maximum atomic E-state index is 13.0. The van der Waals surface area contributed by atoms with E-state index in [9.17, 15) is 4.79 Å². The summed E-state index contributed by atoms with van der Waals surface area (Å²) >= 11 is 0. The minimum absolute atomic E-state index is 0. The van der Waals surface area contributed by atoms with Crippen LogP contribution in [-0.4, -0.2) is 55.6 Å². The van der Waals surface area contributed by atoms with Gasteiger partial charge in [-0.1, -0.05) is 17.9 Å². The largest absolute Gasteiger partial charge is 0.383 e. The molecule has 0 radical (unpaired) electrons. The summed E-state index contributed by atoms with van der Waals surface area (Å²) in [4.78, 5) is 23.8. The predicted molar refractivity (Wildman–Crippen MR) is 111 cm³/mol. The molecule has 3 rings (SSSR count). The normalized spacial score (nSPS) is 14.2. The number of hydrogen-bond acceptors (Lipinski definition) is 7. The van der Waals surface area contributed by atoms with E-state index in [1.807, 2.05) is 12.1 Å². The van der Waals surface area contributed by atoms with E-state index in [4.69, 9.17) is 10.5 Å². The van der Waals surface area contributed by atoms with Crippen LogP contribution in [0.3, 0.4) is 0 Å². The fourth-order valence-corrected chi connectivity index (χ4v) is 2.87. The Balaban J connectivity index is 0.00000280. The molecular formula is C20H29N5O2. The van der Waals surface area contributed by atoms with Crippen molar-refractivity contribution in [3.63, 3.8) is 0 Å². The number of ketones is 1. The molecular weight excluding hydrogens is 342 g/mol. The first kappa shape index (κ1) is 18.8. The number of rotatable bonds is 4. The first-order valence-electron chi connectivity index (χ1n) is 8.90. The van der Waals surface area contributed by atoms with Crippen molar-refractivity contribution in [1.82, 2.24) is 15.3 Å². The lowest BCUT2D eigenvalue weighted by Gasteiger charge is -2.21. The number of pyridine rings is 2. The highest BCUT2D eigenvalue weighted by atomic mass is 16.5. The third kappa shape index (κ3) is 4.82. The molecule has 0 unspecified atom stereocenters. The first-order chi connectivity index (χ1) is 13.2. The molecule has 1 aliphatic heterocycles. The maximum Gasteiger partial charge on any atom is 0.215 e. The van der Waals surface area contributed by atoms with Crippen LogP contribution in [0.15, 0.2) is 30.5 Å². The number of aromatic nitrogens is 2. The zero-order valence-electron chi connectivity index (χ0n) is 15.4. The maximum absolute atomic E-state index is 13.0. The molecule has 1 aliphatic rings. The van der Waals surface area contributed by atoms with Crippen LogP contribution in [-0.2, 0) is 4.74 Å². The van der Waals surface area contributed by atoms with Crippen molar-refractivity contribution in [2.45, 2.75) is 6.42 Å². The molecule has 0 atom stereocenters. The van der Waals surface area contributed by atoms with E-state index >= 15 is 0 Å². The van der Waals surface area contributed by atoms with Crippen LogP contribution < -0.4 is 16.0 Å². The van der Waals surface area contributed by atoms with Crippen LogP contribution in [0.2, 0.25) is 0 Å². The number of nitrogens with two attached hydrogens (primary N) is 1. The van der Waals surface area contributed by atoms with E-state index in [0.717, 1.165) is 38.4 Å². The minimum Gasteiger partial charge on any atom is -0.383 e. The highest BCUT2D eigenvalue weighted by Gasteiger charge is 2.18. The van der Waals surface area contributed by atoms with Crippen molar-refractivity contribution in [3.8, 4) is 11.8 Å². The van der Waals surface area contributed by atoms with Crippen LogP contribution in [0.1, 0.15) is 32.3 Å². The van der Waals surface area contributed by atoms with Crippen LogP contribution in [0.25, 0.3) is 0 Å². The summed E-state index contributed by atoms with van der Waals surface area (Å²) in [5, 5.41) is 3.36. The third-order valence-electron chi connectivity index (χ3n) is 4.24. The van der Waals surface area contributed by atoms with Gasteiger partial charge in [0.05, 0.1) is 5.56 Å². The Morgan fingerprint density at radius 2 is 2.30 bits per heavy atom. The van der Waals surface area contributed by atoms with E-state index in [1.165, 1.54) is 0 Å². The highest BCUT2D eigenvalue weighted by Crippen LogP contribution is 2.18. The fraction of sp³-hybridized carbons (Fsp3) is 0.350. The number of nitrogens with zero attached hydrogens (tertiary/aromatic N) is 3. The Bertz CT molecular complexity index is 878. The number of nitrogens with one attached hydrogen (secondary N) is 1. The number of nitrogen functional groups attached to an aromatic ring is 1. The van der Waals surface area contributed by atoms with Gasteiger partial charge in [-0.15, -0.1) is 0 Å². The van der Waals surface area contributed by atoms with Crippen molar-refractivity contribution in [3.05, 3.63) is 47.3 Å². The molecule has 0 bridgehead atoms. The minimum atomic E-state index is -0.259. The summed E-state index contributed by atoms with van der Waals surface area (Å²) in [6, 6.07) is 7.12. The van der Waals surface area contributed by atoms with Gasteiger partial charge in [0.15, 0.2) is 0 Å². The van der Waals surface area contributed by atoms with Crippen molar-refractivity contribution in [2.75, 3.05) is 50.5 Å². The van der Waals surface area contributed by atoms with E-state index in [0.29, 0.717) is 23.4 Å². The summed E-state index contributed by atoms with van der Waals surface area (Å²) in [6.45, 7) is 3.97. The Hall–Kier alpha value is -2.95. The summed E-state index contributed by atoms with van der Waals surface area (Å²) in [6.07, 6.45) is 2.59. The van der Waals surface area contributed by atoms with Crippen LogP contribution >= 0.6 is 0 Å². The molecule has 7 nitrogen and oxygen atoms in total. The lowest BCUT2D eigenvalue weighted by Crippen LogP contribution is -2.29. The van der Waals surface area contributed by atoms with Gasteiger partial charge >= 0.3 is 0 Å². The van der Waals surface area contributed by atoms with E-state index in [-0.39, 0.29) is 15.9 Å². The molecule has 1 fully saturated rings. The average Bonchev–Trinajstić information content (AvgIpc) is 2.98. The summed E-state index contributed by atoms with van der Waals surface area (Å²) < 4.78 is 4.91. The zero-order chi connectivity index (χ0) is 19.1. The Labute approximate surface area is 163 Å². The molecule has 1 saturated heterocycles. The second-order valence-corrected chi connectivity index (χ2v) is 6.19. The number of hydrogen-bond donors (Lipinski definition) is 2. The molecule has 0 spiro atoms. The van der Waals surface area contributed by atoms with Gasteiger partial charge in [-0.2, -0.15) is 0 Å². The molecule has 2 aromatic rings. The van der Waals surface area contributed by atoms with Gasteiger partial charge < -0.3 is 20.7 Å². The third-order valence-corrected chi connectivity index (χ3v) is 4.24. The highest BCUT2D eigenvalue weighted by molar-refractivity contribution is 6.10. The average molecular weight is 371 g/mol. The molecule has 2 aromatic heterocycles. The van der Waals surface area contributed by atoms with Gasteiger partial charge in [-0.25, -0.2) is 9.97 Å². The van der Waals surface area contributed by atoms with Gasteiger partial charge in [-0.05, 0) is 31.2 Å². The van der Waals surface area contributed by atoms with Crippen molar-refractivity contribution in [1.29, 1.82) is 0 Å². The van der Waals surface area contributed by atoms with E-state index < -0.39 is 0 Å². The SMILES string of the molecule is COCC#Cc1cnc(N)c(C(=O)c2cccc(N3CCCNCC3)n2)c1.[HH].[HH].[HH]. The Kier molecular flexibility index (Phi) is 6.36. The number of carbonyl (C=O) groups is 1. The summed E-state index contributed by atoms with van der Waals surface area (Å²) in [7, 11) is 1.57. The molecule has 7 heteroatoms. The van der Waals surface area contributed by atoms with Crippen molar-refractivity contribution >= 4 is 17.4 Å². The Morgan fingerprint density at radius 3 is 3.15 bits per heavy atom. The van der Waals surface area contributed by atoms with Gasteiger partial charge in [0, 0.05) is 42.8 Å². The van der Waals surface area contributed by atoms with E-state index in [1.54, 1.807) is 25.4 Å². The van der Waals surface area contributed by atoms with Gasteiger partial charge in [-0.3, -0.25) is 4.79 Å². The number of ether oxygens (including phenoxy) is 1. The lowest BCUT2D eigenvalue weighted by atomic mass is 10.1. The van der Waals surface area contributed by atoms with Crippen molar-refractivity contribution in [2.24, 2.45) is 0 Å². The van der Waals surface area contributed by atoms with Crippen LogP contribution in [0, 0.1) is 11.8 Å². The molecule has 27 heavy (non-hydrogen) atoms. The monoisotopic (exact) mass is 371 g/mol. The van der Waals surface area contributed by atoms with Crippen LogP contribution in [0.4, 0.5) is 11.6 Å². The van der Waals surface area contributed by atoms with Gasteiger partial charge in [0.25, 0.3) is 0 Å². The molecule has 0 amide bonds. The zero-order valence-corrected chi connectivity index (χ0v) is 15.4. The first-order valence-corrected chi connectivity index (χ1v) is 8.90. The Morgan fingerprint density at radius 1 is 1.41 bits per heavy atom. The quantitative estimate of drug-likeness (QED) is 0.625. The van der Waals surface area contributed by atoms with Crippen molar-refractivity contribution < 1.29 is 13.8 Å². The molecule has 0 saturated carbocycles. The van der Waals surface area contributed by atoms with Crippen LogP contribution in [0.5, 0.6) is 0 Å². The standard InChI is InChI=1S/C20H23N5O2.3H2/c1-27-12-3-5-15-13-16(20(21)23-14-15)19(26)17-6-2-7-18(24-17)25-10-4-8-22-9-11-25;;;/h2,6-7,13-14,22H,4,8-12H2,1H3,(H2,21,23);3*1H. The molecule has 0 aromatic carbocycles. The second-order valence-electron chi connectivity index (χ2n) is 6.19. The lowest BCUT2D eigenvalue weighted by molar-refractivity contribution is 0.103. The smallest absolute Gasteiger partial charge is 0.215 e. The van der Waals surface area contributed by atoms with Gasteiger partial charge in [0.2, 0.25) is 5.78 Å². The van der Waals surface area contributed by atoms with E-state index in [2.05, 4.69) is 32.0 Å². The number of carbonyl (C=O) groups excluding carboxylic acids is 1.